The van der Waals surface area contributed by atoms with Crippen molar-refractivity contribution in [3.05, 3.63) is 58.6 Å². The van der Waals surface area contributed by atoms with Crippen molar-refractivity contribution in [3.8, 4) is 18.2 Å². The molecule has 2 N–H and O–H groups in total. The lowest BCUT2D eigenvalue weighted by Crippen LogP contribution is -2.48. The first-order valence-corrected chi connectivity index (χ1v) is 8.43. The molecular formula is C20H18FN5. The van der Waals surface area contributed by atoms with E-state index < -0.39 is 11.3 Å². The summed E-state index contributed by atoms with van der Waals surface area (Å²) >= 11 is 0. The molecule has 0 amide bonds. The van der Waals surface area contributed by atoms with Crippen molar-refractivity contribution in [2.75, 3.05) is 19.6 Å². The minimum Gasteiger partial charge on any atom is -0.399 e. The maximum Gasteiger partial charge on any atom is 0.191 e. The Kier molecular flexibility index (Phi) is 4.51. The average Bonchev–Trinajstić information content (AvgIpc) is 2.68. The first-order chi connectivity index (χ1) is 12.5. The topological polar surface area (TPSA) is 101 Å². The van der Waals surface area contributed by atoms with E-state index in [0.29, 0.717) is 18.7 Å². The third-order valence-corrected chi connectivity index (χ3v) is 5.42. The summed E-state index contributed by atoms with van der Waals surface area (Å²) in [5, 5.41) is 29.5. The Balaban J connectivity index is 2.30. The van der Waals surface area contributed by atoms with E-state index >= 15 is 0 Å². The van der Waals surface area contributed by atoms with Crippen LogP contribution in [0.4, 0.5) is 4.39 Å². The van der Waals surface area contributed by atoms with Crippen LogP contribution in [-0.2, 0) is 0 Å². The van der Waals surface area contributed by atoms with Crippen molar-refractivity contribution in [2.24, 2.45) is 17.1 Å². The highest BCUT2D eigenvalue weighted by atomic mass is 19.1. The molecule has 130 valence electrons. The lowest BCUT2D eigenvalue weighted by atomic mass is 9.58. The lowest BCUT2D eigenvalue weighted by Gasteiger charge is -2.45. The average molecular weight is 347 g/mol. The summed E-state index contributed by atoms with van der Waals surface area (Å²) in [6.07, 6.45) is 1.96. The van der Waals surface area contributed by atoms with Crippen LogP contribution in [0.2, 0.25) is 0 Å². The number of hydrogen-bond donors (Lipinski definition) is 1. The maximum absolute atomic E-state index is 13.4. The molecule has 3 rings (SSSR count). The van der Waals surface area contributed by atoms with E-state index in [1.165, 1.54) is 12.1 Å². The second kappa shape index (κ2) is 6.64. The van der Waals surface area contributed by atoms with Gasteiger partial charge >= 0.3 is 0 Å². The summed E-state index contributed by atoms with van der Waals surface area (Å²) < 4.78 is 13.4. The van der Waals surface area contributed by atoms with Crippen LogP contribution < -0.4 is 5.73 Å². The Morgan fingerprint density at radius 3 is 2.42 bits per heavy atom. The van der Waals surface area contributed by atoms with E-state index in [2.05, 4.69) is 23.1 Å². The zero-order valence-electron chi connectivity index (χ0n) is 14.4. The fourth-order valence-electron chi connectivity index (χ4n) is 4.04. The third-order valence-electron chi connectivity index (χ3n) is 5.42. The molecule has 1 heterocycles. The number of hydrogen-bond acceptors (Lipinski definition) is 5. The number of rotatable bonds is 2. The number of fused-ring (bicyclic) bond motifs is 1. The second-order valence-electron chi connectivity index (χ2n) is 6.58. The monoisotopic (exact) mass is 347 g/mol. The summed E-state index contributed by atoms with van der Waals surface area (Å²) in [5.74, 6) is -1.20. The number of nitriles is 3. The molecule has 0 spiro atoms. The predicted octanol–water partition coefficient (Wildman–Crippen LogP) is 2.57. The summed E-state index contributed by atoms with van der Waals surface area (Å²) in [4.78, 5) is 2.18. The second-order valence-corrected chi connectivity index (χ2v) is 6.58. The first kappa shape index (κ1) is 17.7. The van der Waals surface area contributed by atoms with E-state index in [1.54, 1.807) is 12.1 Å². The summed E-state index contributed by atoms with van der Waals surface area (Å²) in [6.45, 7) is 4.13. The standard InChI is InChI=1S/C20H18FN5/c1-2-26-8-7-15-16(9-22)19(25)20(11-23,12-24)18(17(15)10-26)13-3-5-14(21)6-4-13/h3-7,17-18H,2,8,10,25H2,1H3/t17-,18-/m0/s1. The van der Waals surface area contributed by atoms with E-state index in [-0.39, 0.29) is 23.0 Å². The van der Waals surface area contributed by atoms with Crippen LogP contribution in [0.15, 0.2) is 47.2 Å². The van der Waals surface area contributed by atoms with Gasteiger partial charge in [0.05, 0.1) is 23.4 Å². The van der Waals surface area contributed by atoms with Crippen LogP contribution in [0, 0.1) is 51.1 Å². The molecule has 0 aromatic heterocycles. The molecule has 26 heavy (non-hydrogen) atoms. The molecule has 0 saturated carbocycles. The molecule has 6 heteroatoms. The molecule has 1 aromatic rings. The van der Waals surface area contributed by atoms with Gasteiger partial charge in [0.25, 0.3) is 0 Å². The fourth-order valence-corrected chi connectivity index (χ4v) is 4.04. The van der Waals surface area contributed by atoms with Crippen LogP contribution in [0.5, 0.6) is 0 Å². The molecule has 1 aromatic carbocycles. The van der Waals surface area contributed by atoms with Gasteiger partial charge < -0.3 is 5.73 Å². The maximum atomic E-state index is 13.4. The Labute approximate surface area is 152 Å². The van der Waals surface area contributed by atoms with Crippen molar-refractivity contribution in [3.63, 3.8) is 0 Å². The molecule has 5 nitrogen and oxygen atoms in total. The Bertz CT molecular complexity index is 893. The molecule has 2 aliphatic rings. The van der Waals surface area contributed by atoms with Gasteiger partial charge in [-0.2, -0.15) is 15.8 Å². The van der Waals surface area contributed by atoms with Gasteiger partial charge in [-0.1, -0.05) is 25.1 Å². The van der Waals surface area contributed by atoms with Gasteiger partial charge in [-0.3, -0.25) is 4.90 Å². The van der Waals surface area contributed by atoms with Gasteiger partial charge in [-0.25, -0.2) is 4.39 Å². The molecule has 0 fully saturated rings. The van der Waals surface area contributed by atoms with Crippen molar-refractivity contribution in [2.45, 2.75) is 12.8 Å². The van der Waals surface area contributed by atoms with Crippen molar-refractivity contribution < 1.29 is 4.39 Å². The first-order valence-electron chi connectivity index (χ1n) is 8.43. The van der Waals surface area contributed by atoms with Crippen molar-refractivity contribution in [1.29, 1.82) is 15.8 Å². The Morgan fingerprint density at radius 1 is 1.23 bits per heavy atom. The predicted molar refractivity (Wildman–Crippen MR) is 93.3 cm³/mol. The van der Waals surface area contributed by atoms with Crippen LogP contribution in [0.3, 0.4) is 0 Å². The van der Waals surface area contributed by atoms with Crippen LogP contribution in [0.1, 0.15) is 18.4 Å². The van der Waals surface area contributed by atoms with Gasteiger partial charge in [0.2, 0.25) is 0 Å². The third kappa shape index (κ3) is 2.46. The van der Waals surface area contributed by atoms with E-state index in [1.807, 2.05) is 13.0 Å². The Morgan fingerprint density at radius 2 is 1.88 bits per heavy atom. The molecular weight excluding hydrogens is 329 g/mol. The highest BCUT2D eigenvalue weighted by molar-refractivity contribution is 5.59. The largest absolute Gasteiger partial charge is 0.399 e. The lowest BCUT2D eigenvalue weighted by molar-refractivity contribution is 0.214. The van der Waals surface area contributed by atoms with Gasteiger partial charge in [0.15, 0.2) is 5.41 Å². The number of halogens is 1. The van der Waals surface area contributed by atoms with E-state index in [4.69, 9.17) is 5.73 Å². The number of nitrogens with two attached hydrogens (primary N) is 1. The summed E-state index contributed by atoms with van der Waals surface area (Å²) in [6, 6.07) is 12.1. The van der Waals surface area contributed by atoms with E-state index in [9.17, 15) is 20.2 Å². The van der Waals surface area contributed by atoms with Gasteiger partial charge in [0.1, 0.15) is 11.9 Å². The molecule has 2 atom stereocenters. The van der Waals surface area contributed by atoms with Crippen LogP contribution in [0.25, 0.3) is 0 Å². The highest BCUT2D eigenvalue weighted by Gasteiger charge is 2.54. The zero-order chi connectivity index (χ0) is 18.9. The number of allylic oxidation sites excluding steroid dienone is 2. The smallest absolute Gasteiger partial charge is 0.191 e. The molecule has 0 unspecified atom stereocenters. The van der Waals surface area contributed by atoms with Crippen LogP contribution >= 0.6 is 0 Å². The Hall–Kier alpha value is -3.14. The molecule has 0 saturated heterocycles. The quantitative estimate of drug-likeness (QED) is 0.886. The zero-order valence-corrected chi connectivity index (χ0v) is 14.4. The number of benzene rings is 1. The molecule has 1 aliphatic heterocycles. The SMILES string of the molecule is CCN1CC=C2C(C#N)=C(N)C(C#N)(C#N)[C@@H](c3ccc(F)cc3)[C@H]2C1. The van der Waals surface area contributed by atoms with Gasteiger partial charge in [-0.15, -0.1) is 0 Å². The summed E-state index contributed by atoms with van der Waals surface area (Å²) in [7, 11) is 0. The minimum atomic E-state index is -1.67. The van der Waals surface area contributed by atoms with Crippen molar-refractivity contribution >= 4 is 0 Å². The molecule has 1 aliphatic carbocycles. The van der Waals surface area contributed by atoms with Gasteiger partial charge in [0, 0.05) is 24.9 Å². The van der Waals surface area contributed by atoms with Gasteiger partial charge in [-0.05, 0) is 29.8 Å². The minimum absolute atomic E-state index is 0.00762. The van der Waals surface area contributed by atoms with Crippen LogP contribution in [-0.4, -0.2) is 24.5 Å². The fraction of sp³-hybridized carbons (Fsp3) is 0.350. The van der Waals surface area contributed by atoms with Crippen molar-refractivity contribution in [1.82, 2.24) is 4.90 Å². The van der Waals surface area contributed by atoms with E-state index in [0.717, 1.165) is 12.1 Å². The molecule has 0 radical (unpaired) electrons. The number of nitrogens with zero attached hydrogens (tertiary/aromatic N) is 4. The normalized spacial score (nSPS) is 24.7. The number of likely N-dealkylation sites (N-methyl/N-ethyl adjacent to an activating group) is 1. The molecule has 0 bridgehead atoms. The summed E-state index contributed by atoms with van der Waals surface area (Å²) in [5.41, 5.74) is 6.21. The highest BCUT2D eigenvalue weighted by Crippen LogP contribution is 2.54.